The van der Waals surface area contributed by atoms with E-state index in [4.69, 9.17) is 14.2 Å². The SMILES string of the molecule is CCOC(=O)N1CCN(C(=O)CN(c2ccc(F)cc2)S(=O)(=O)c2ccc3c(c2)OCCO3)CC1. The number of sulfonamides is 1. The molecule has 10 nitrogen and oxygen atoms in total. The monoisotopic (exact) mass is 507 g/mol. The first-order valence-electron chi connectivity index (χ1n) is 11.2. The summed E-state index contributed by atoms with van der Waals surface area (Å²) in [7, 11) is -4.22. The Morgan fingerprint density at radius 1 is 0.971 bits per heavy atom. The van der Waals surface area contributed by atoms with E-state index in [-0.39, 0.29) is 55.7 Å². The van der Waals surface area contributed by atoms with Gasteiger partial charge in [0.15, 0.2) is 11.5 Å². The first kappa shape index (κ1) is 24.6. The number of halogens is 1. The largest absolute Gasteiger partial charge is 0.486 e. The summed E-state index contributed by atoms with van der Waals surface area (Å²) in [6, 6.07) is 9.09. The number of rotatable bonds is 6. The molecule has 1 saturated heterocycles. The van der Waals surface area contributed by atoms with Crippen molar-refractivity contribution in [3.8, 4) is 11.5 Å². The molecule has 2 heterocycles. The predicted octanol–water partition coefficient (Wildman–Crippen LogP) is 2.09. The highest BCUT2D eigenvalue weighted by Crippen LogP contribution is 2.34. The van der Waals surface area contributed by atoms with Gasteiger partial charge in [-0.1, -0.05) is 0 Å². The second-order valence-electron chi connectivity index (χ2n) is 7.86. The van der Waals surface area contributed by atoms with Crippen LogP contribution in [-0.2, 0) is 19.6 Å². The van der Waals surface area contributed by atoms with Crippen molar-refractivity contribution in [2.75, 3.05) is 56.8 Å². The van der Waals surface area contributed by atoms with Gasteiger partial charge in [0.05, 0.1) is 17.2 Å². The molecular weight excluding hydrogens is 481 g/mol. The molecule has 0 bridgehead atoms. The quantitative estimate of drug-likeness (QED) is 0.590. The smallest absolute Gasteiger partial charge is 0.409 e. The van der Waals surface area contributed by atoms with Crippen molar-refractivity contribution in [1.82, 2.24) is 9.80 Å². The highest BCUT2D eigenvalue weighted by atomic mass is 32.2. The van der Waals surface area contributed by atoms with Crippen LogP contribution in [0.2, 0.25) is 0 Å². The summed E-state index contributed by atoms with van der Waals surface area (Å²) in [6.45, 7) is 3.13. The molecule has 0 aromatic heterocycles. The number of amides is 2. The molecule has 0 aliphatic carbocycles. The normalized spacial score (nSPS) is 15.5. The van der Waals surface area contributed by atoms with Crippen molar-refractivity contribution in [1.29, 1.82) is 0 Å². The third-order valence-corrected chi connectivity index (χ3v) is 7.42. The van der Waals surface area contributed by atoms with Crippen LogP contribution in [0.5, 0.6) is 11.5 Å². The van der Waals surface area contributed by atoms with E-state index in [1.165, 1.54) is 40.1 Å². The summed E-state index contributed by atoms with van der Waals surface area (Å²) in [5.74, 6) is -0.261. The molecule has 0 saturated carbocycles. The van der Waals surface area contributed by atoms with Gasteiger partial charge in [-0.3, -0.25) is 9.10 Å². The Labute approximate surface area is 202 Å². The molecule has 0 unspecified atom stereocenters. The zero-order valence-corrected chi connectivity index (χ0v) is 20.0. The first-order valence-corrected chi connectivity index (χ1v) is 12.6. The van der Waals surface area contributed by atoms with Gasteiger partial charge in [0.2, 0.25) is 5.91 Å². The number of carbonyl (C=O) groups excluding carboxylic acids is 2. The number of benzene rings is 2. The standard InChI is InChI=1S/C23H26FN3O7S/c1-2-32-23(29)26-11-9-25(10-12-26)22(28)16-27(18-5-3-17(24)4-6-18)35(30,31)19-7-8-20-21(15-19)34-14-13-33-20/h3-8,15H,2,9-14,16H2,1H3. The summed E-state index contributed by atoms with van der Waals surface area (Å²) in [5, 5.41) is 0. The number of anilines is 1. The molecule has 2 aromatic rings. The minimum atomic E-state index is -4.22. The zero-order valence-electron chi connectivity index (χ0n) is 19.2. The molecular formula is C23H26FN3O7S. The fourth-order valence-corrected chi connectivity index (χ4v) is 5.24. The Balaban J connectivity index is 1.56. The van der Waals surface area contributed by atoms with Crippen LogP contribution in [-0.4, -0.2) is 82.8 Å². The van der Waals surface area contributed by atoms with Crippen LogP contribution in [0.3, 0.4) is 0 Å². The summed E-state index contributed by atoms with van der Waals surface area (Å²) >= 11 is 0. The molecule has 188 valence electrons. The Kier molecular flexibility index (Phi) is 7.29. The molecule has 12 heteroatoms. The number of fused-ring (bicyclic) bond motifs is 1. The molecule has 35 heavy (non-hydrogen) atoms. The number of carbonyl (C=O) groups is 2. The average Bonchev–Trinajstić information content (AvgIpc) is 2.87. The Bertz CT molecular complexity index is 1180. The minimum Gasteiger partial charge on any atom is -0.486 e. The lowest BCUT2D eigenvalue weighted by molar-refractivity contribution is -0.131. The highest BCUT2D eigenvalue weighted by molar-refractivity contribution is 7.92. The molecule has 2 aliphatic rings. The molecule has 0 spiro atoms. The fourth-order valence-electron chi connectivity index (χ4n) is 3.81. The fraction of sp³-hybridized carbons (Fsp3) is 0.391. The summed E-state index contributed by atoms with van der Waals surface area (Å²) < 4.78 is 57.7. The van der Waals surface area contributed by atoms with Gasteiger partial charge in [0.25, 0.3) is 10.0 Å². The van der Waals surface area contributed by atoms with Crippen LogP contribution in [0.25, 0.3) is 0 Å². The van der Waals surface area contributed by atoms with Crippen LogP contribution < -0.4 is 13.8 Å². The number of ether oxygens (including phenoxy) is 3. The molecule has 0 atom stereocenters. The summed E-state index contributed by atoms with van der Waals surface area (Å²) in [5.41, 5.74) is 0.139. The van der Waals surface area contributed by atoms with E-state index in [1.54, 1.807) is 6.92 Å². The Hall–Kier alpha value is -3.54. The maximum absolute atomic E-state index is 13.6. The highest BCUT2D eigenvalue weighted by Gasteiger charge is 2.32. The summed E-state index contributed by atoms with van der Waals surface area (Å²) in [6.07, 6.45) is -0.450. The van der Waals surface area contributed by atoms with Crippen molar-refractivity contribution < 1.29 is 36.6 Å². The number of piperazine rings is 1. The van der Waals surface area contributed by atoms with Gasteiger partial charge >= 0.3 is 6.09 Å². The predicted molar refractivity (Wildman–Crippen MR) is 124 cm³/mol. The van der Waals surface area contributed by atoms with Gasteiger partial charge in [0, 0.05) is 32.2 Å². The van der Waals surface area contributed by atoms with Gasteiger partial charge in [-0.25, -0.2) is 17.6 Å². The maximum Gasteiger partial charge on any atom is 0.409 e. The Morgan fingerprint density at radius 2 is 1.60 bits per heavy atom. The molecule has 0 radical (unpaired) electrons. The zero-order chi connectivity index (χ0) is 25.0. The lowest BCUT2D eigenvalue weighted by Crippen LogP contribution is -2.53. The van der Waals surface area contributed by atoms with Crippen molar-refractivity contribution in [3.63, 3.8) is 0 Å². The van der Waals surface area contributed by atoms with Crippen molar-refractivity contribution in [3.05, 3.63) is 48.3 Å². The average molecular weight is 508 g/mol. The van der Waals surface area contributed by atoms with E-state index in [1.807, 2.05) is 0 Å². The van der Waals surface area contributed by atoms with E-state index < -0.39 is 34.4 Å². The number of hydrogen-bond acceptors (Lipinski definition) is 7. The van der Waals surface area contributed by atoms with Crippen LogP contribution in [0.1, 0.15) is 6.92 Å². The second kappa shape index (κ2) is 10.4. The van der Waals surface area contributed by atoms with Crippen LogP contribution in [0.4, 0.5) is 14.9 Å². The molecule has 1 fully saturated rings. The van der Waals surface area contributed by atoms with E-state index in [2.05, 4.69) is 0 Å². The van der Waals surface area contributed by atoms with Crippen LogP contribution in [0, 0.1) is 5.82 Å². The van der Waals surface area contributed by atoms with Crippen molar-refractivity contribution >= 4 is 27.7 Å². The van der Waals surface area contributed by atoms with Crippen molar-refractivity contribution in [2.24, 2.45) is 0 Å². The van der Waals surface area contributed by atoms with Crippen molar-refractivity contribution in [2.45, 2.75) is 11.8 Å². The Morgan fingerprint density at radius 3 is 2.26 bits per heavy atom. The van der Waals surface area contributed by atoms with E-state index in [9.17, 15) is 22.4 Å². The van der Waals surface area contributed by atoms with E-state index >= 15 is 0 Å². The van der Waals surface area contributed by atoms with Gasteiger partial charge < -0.3 is 24.0 Å². The molecule has 4 rings (SSSR count). The third-order valence-electron chi connectivity index (χ3n) is 5.65. The molecule has 2 aromatic carbocycles. The minimum absolute atomic E-state index is 0.0917. The molecule has 2 amide bonds. The number of hydrogen-bond donors (Lipinski definition) is 0. The van der Waals surface area contributed by atoms with Gasteiger partial charge in [0.1, 0.15) is 25.6 Å². The summed E-state index contributed by atoms with van der Waals surface area (Å²) in [4.78, 5) is 27.9. The van der Waals surface area contributed by atoms with Gasteiger partial charge in [-0.05, 0) is 43.3 Å². The first-order chi connectivity index (χ1) is 16.8. The van der Waals surface area contributed by atoms with Crippen LogP contribution in [0.15, 0.2) is 47.4 Å². The lowest BCUT2D eigenvalue weighted by Gasteiger charge is -2.35. The number of nitrogens with zero attached hydrogens (tertiary/aromatic N) is 3. The van der Waals surface area contributed by atoms with Gasteiger partial charge in [-0.2, -0.15) is 0 Å². The van der Waals surface area contributed by atoms with E-state index in [0.29, 0.717) is 12.4 Å². The third kappa shape index (κ3) is 5.42. The maximum atomic E-state index is 13.6. The second-order valence-corrected chi connectivity index (χ2v) is 9.72. The molecule has 2 aliphatic heterocycles. The van der Waals surface area contributed by atoms with Gasteiger partial charge in [-0.15, -0.1) is 0 Å². The lowest BCUT2D eigenvalue weighted by atomic mass is 10.3. The topological polar surface area (TPSA) is 106 Å². The molecule has 0 N–H and O–H groups in total. The van der Waals surface area contributed by atoms with Crippen LogP contribution >= 0.6 is 0 Å². The van der Waals surface area contributed by atoms with E-state index in [0.717, 1.165) is 16.4 Å².